The van der Waals surface area contributed by atoms with E-state index in [-0.39, 0.29) is 17.2 Å². The van der Waals surface area contributed by atoms with E-state index in [1.165, 1.54) is 6.07 Å². The fourth-order valence-corrected chi connectivity index (χ4v) is 5.21. The van der Waals surface area contributed by atoms with Crippen molar-refractivity contribution in [2.45, 2.75) is 43.8 Å². The molecule has 2 aromatic rings. The number of nitrogens with zero attached hydrogens (tertiary/aromatic N) is 4. The molecule has 0 spiro atoms. The average Bonchev–Trinajstić information content (AvgIpc) is 2.87. The van der Waals surface area contributed by atoms with Gasteiger partial charge in [-0.15, -0.1) is 0 Å². The fourth-order valence-electron chi connectivity index (χ4n) is 5.21. The summed E-state index contributed by atoms with van der Waals surface area (Å²) >= 11 is 0. The first-order valence-corrected chi connectivity index (χ1v) is 11.9. The minimum atomic E-state index is -4.59. The number of likely N-dealkylation sites (tertiary alicyclic amines) is 1. The van der Waals surface area contributed by atoms with Gasteiger partial charge in [-0.2, -0.15) is 13.2 Å². The van der Waals surface area contributed by atoms with Gasteiger partial charge >= 0.3 is 6.18 Å². The van der Waals surface area contributed by atoms with Gasteiger partial charge < -0.3 is 16.0 Å². The summed E-state index contributed by atoms with van der Waals surface area (Å²) in [4.78, 5) is 25.3. The van der Waals surface area contributed by atoms with E-state index < -0.39 is 17.3 Å². The molecule has 3 N–H and O–H groups in total. The highest BCUT2D eigenvalue weighted by Gasteiger charge is 2.45. The maximum atomic E-state index is 13.9. The first kappa shape index (κ1) is 25.0. The Hall–Kier alpha value is -3.14. The van der Waals surface area contributed by atoms with Gasteiger partial charge in [0, 0.05) is 37.5 Å². The zero-order chi connectivity index (χ0) is 25.2. The summed E-state index contributed by atoms with van der Waals surface area (Å²) in [6.45, 7) is 6.56. The molecule has 0 unspecified atom stereocenters. The first-order valence-electron chi connectivity index (χ1n) is 11.9. The Morgan fingerprint density at radius 1 is 1.11 bits per heavy atom. The van der Waals surface area contributed by atoms with Crippen molar-refractivity contribution < 1.29 is 18.0 Å². The number of amides is 1. The molecular formula is C25H31F3N6O. The number of piperidine rings is 2. The number of halogens is 3. The largest absolute Gasteiger partial charge is 0.418 e. The number of anilines is 2. The summed E-state index contributed by atoms with van der Waals surface area (Å²) in [7, 11) is 1.65. The Morgan fingerprint density at radius 2 is 1.80 bits per heavy atom. The Morgan fingerprint density at radius 3 is 2.40 bits per heavy atom. The van der Waals surface area contributed by atoms with Gasteiger partial charge in [0.2, 0.25) is 5.91 Å². The monoisotopic (exact) mass is 488 g/mol. The maximum absolute atomic E-state index is 13.9. The predicted octanol–water partition coefficient (Wildman–Crippen LogP) is 3.91. The van der Waals surface area contributed by atoms with Crippen LogP contribution >= 0.6 is 0 Å². The summed E-state index contributed by atoms with van der Waals surface area (Å²) in [5, 5.41) is 2.89. The molecule has 1 amide bonds. The molecule has 0 atom stereocenters. The minimum absolute atomic E-state index is 0.133. The number of rotatable bonds is 6. The molecule has 2 aliphatic heterocycles. The molecule has 188 valence electrons. The van der Waals surface area contributed by atoms with Gasteiger partial charge in [0.1, 0.15) is 17.2 Å². The van der Waals surface area contributed by atoms with Crippen molar-refractivity contribution in [1.29, 1.82) is 0 Å². The fraction of sp³-hybridized carbons (Fsp3) is 0.480. The number of pyridine rings is 2. The zero-order valence-electron chi connectivity index (χ0n) is 19.9. The van der Waals surface area contributed by atoms with E-state index >= 15 is 0 Å². The highest BCUT2D eigenvalue weighted by Crippen LogP contribution is 2.39. The van der Waals surface area contributed by atoms with Crippen LogP contribution in [0, 0.1) is 0 Å². The van der Waals surface area contributed by atoms with E-state index in [1.54, 1.807) is 25.4 Å². The number of primary amides is 1. The molecular weight excluding hydrogens is 457 g/mol. The second-order valence-electron chi connectivity index (χ2n) is 9.12. The summed E-state index contributed by atoms with van der Waals surface area (Å²) in [5.74, 6) is 0.508. The van der Waals surface area contributed by atoms with E-state index in [2.05, 4.69) is 26.8 Å². The molecule has 0 saturated carbocycles. The smallest absolute Gasteiger partial charge is 0.373 e. The van der Waals surface area contributed by atoms with Gasteiger partial charge in [-0.05, 0) is 63.0 Å². The molecule has 10 heteroatoms. The van der Waals surface area contributed by atoms with Crippen LogP contribution in [0.4, 0.5) is 24.8 Å². The van der Waals surface area contributed by atoms with E-state index in [4.69, 9.17) is 5.73 Å². The van der Waals surface area contributed by atoms with Crippen molar-refractivity contribution in [3.8, 4) is 0 Å². The maximum Gasteiger partial charge on any atom is 0.418 e. The van der Waals surface area contributed by atoms with Crippen LogP contribution in [-0.4, -0.2) is 59.5 Å². The van der Waals surface area contributed by atoms with Gasteiger partial charge in [0.15, 0.2) is 0 Å². The van der Waals surface area contributed by atoms with Crippen LogP contribution in [0.15, 0.2) is 37.0 Å². The van der Waals surface area contributed by atoms with E-state index in [0.29, 0.717) is 43.1 Å². The Labute approximate surface area is 203 Å². The highest BCUT2D eigenvalue weighted by atomic mass is 19.4. The lowest BCUT2D eigenvalue weighted by molar-refractivity contribution is -0.138. The van der Waals surface area contributed by atoms with Crippen molar-refractivity contribution in [2.24, 2.45) is 5.73 Å². The predicted molar refractivity (Wildman–Crippen MR) is 130 cm³/mol. The van der Waals surface area contributed by atoms with Crippen LogP contribution in [0.25, 0.3) is 5.57 Å². The van der Waals surface area contributed by atoms with Gasteiger partial charge in [0.05, 0.1) is 11.3 Å². The lowest BCUT2D eigenvalue weighted by Gasteiger charge is -2.48. The van der Waals surface area contributed by atoms with Gasteiger partial charge in [-0.3, -0.25) is 9.69 Å². The molecule has 2 aliphatic rings. The molecule has 2 aromatic heterocycles. The van der Waals surface area contributed by atoms with Gasteiger partial charge in [-0.25, -0.2) is 9.97 Å². The van der Waals surface area contributed by atoms with Crippen LogP contribution in [0.5, 0.6) is 0 Å². The van der Waals surface area contributed by atoms with Gasteiger partial charge in [0.25, 0.3) is 0 Å². The first-order chi connectivity index (χ1) is 16.7. The minimum Gasteiger partial charge on any atom is -0.373 e. The average molecular weight is 489 g/mol. The normalized spacial score (nSPS) is 18.8. The van der Waals surface area contributed by atoms with E-state index in [0.717, 1.165) is 38.4 Å². The lowest BCUT2D eigenvalue weighted by atomic mass is 9.83. The third-order valence-electron chi connectivity index (χ3n) is 7.18. The number of carbonyl (C=O) groups is 1. The van der Waals surface area contributed by atoms with Crippen LogP contribution in [0.1, 0.15) is 48.9 Å². The van der Waals surface area contributed by atoms with Crippen LogP contribution in [-0.2, 0) is 11.0 Å². The van der Waals surface area contributed by atoms with Crippen molar-refractivity contribution >= 4 is 23.1 Å². The number of nitrogens with two attached hydrogens (primary N) is 1. The summed E-state index contributed by atoms with van der Waals surface area (Å²) < 4.78 is 41.7. The molecule has 0 bridgehead atoms. The molecule has 2 saturated heterocycles. The molecule has 4 rings (SSSR count). The van der Waals surface area contributed by atoms with Crippen molar-refractivity contribution in [1.82, 2.24) is 14.9 Å². The Kier molecular flexibility index (Phi) is 7.02. The third-order valence-corrected chi connectivity index (χ3v) is 7.18. The molecule has 35 heavy (non-hydrogen) atoms. The van der Waals surface area contributed by atoms with Crippen molar-refractivity contribution in [3.05, 3.63) is 53.9 Å². The van der Waals surface area contributed by atoms with Crippen LogP contribution in [0.2, 0.25) is 0 Å². The van der Waals surface area contributed by atoms with Crippen LogP contribution in [0.3, 0.4) is 0 Å². The highest BCUT2D eigenvalue weighted by molar-refractivity contribution is 5.85. The number of carbonyl (C=O) groups excluding carboxylic acids is 1. The van der Waals surface area contributed by atoms with Crippen molar-refractivity contribution in [3.63, 3.8) is 0 Å². The second kappa shape index (κ2) is 9.85. The Balaban J connectivity index is 1.64. The summed E-state index contributed by atoms with van der Waals surface area (Å²) in [6, 6.07) is 5.75. The van der Waals surface area contributed by atoms with E-state index in [9.17, 15) is 18.0 Å². The number of aromatic nitrogens is 2. The topological polar surface area (TPSA) is 87.4 Å². The molecule has 7 nitrogen and oxygen atoms in total. The standard InChI is InChI=1S/C25H31F3N6O/c1-17(18-7-6-12-31-22(18)30-2)21-19(25(26,27)28)8-9-20(32-21)33-15-10-24(11-16-33,23(29)35)34-13-4-3-5-14-34/h6-9,12H,1,3-5,10-11,13-16H2,2H3,(H2,29,35)(H,30,31). The number of alkyl halides is 3. The molecule has 0 aromatic carbocycles. The SMILES string of the molecule is C=C(c1cccnc1NC)c1nc(N2CCC(C(N)=O)(N3CCCCC3)CC2)ccc1C(F)(F)F. The summed E-state index contributed by atoms with van der Waals surface area (Å²) in [6.07, 6.45) is 1.19. The zero-order valence-corrected chi connectivity index (χ0v) is 19.9. The van der Waals surface area contributed by atoms with Crippen molar-refractivity contribution in [2.75, 3.05) is 43.4 Å². The lowest BCUT2D eigenvalue weighted by Crippen LogP contribution is -2.63. The van der Waals surface area contributed by atoms with E-state index in [1.807, 2.05) is 4.90 Å². The number of hydrogen-bond donors (Lipinski definition) is 2. The quantitative estimate of drug-likeness (QED) is 0.641. The molecule has 0 radical (unpaired) electrons. The summed E-state index contributed by atoms with van der Waals surface area (Å²) in [5.41, 5.74) is 4.65. The van der Waals surface area contributed by atoms with Gasteiger partial charge in [-0.1, -0.05) is 13.0 Å². The molecule has 2 fully saturated rings. The van der Waals surface area contributed by atoms with Crippen LogP contribution < -0.4 is 16.0 Å². The molecule has 0 aliphatic carbocycles. The molecule has 4 heterocycles. The third kappa shape index (κ3) is 4.84. The Bertz CT molecular complexity index is 1090. The second-order valence-corrected chi connectivity index (χ2v) is 9.12. The number of nitrogens with one attached hydrogen (secondary N) is 1. The number of hydrogen-bond acceptors (Lipinski definition) is 6.